The molecule has 0 aliphatic heterocycles. The lowest BCUT2D eigenvalue weighted by Crippen LogP contribution is -2.06. The quantitative estimate of drug-likeness (QED) is 0.526. The molecule has 0 saturated heterocycles. The predicted molar refractivity (Wildman–Crippen MR) is 96.1 cm³/mol. The van der Waals surface area contributed by atoms with Crippen LogP contribution in [0.3, 0.4) is 0 Å². The summed E-state index contributed by atoms with van der Waals surface area (Å²) in [5.41, 5.74) is 5.13. The molecule has 3 rings (SSSR count). The SMILES string of the molecule is CC(C)n1nc(-c2ccccc2)c(-c2ccc(F)cc2)c1CBr. The van der Waals surface area contributed by atoms with Crippen LogP contribution in [0.2, 0.25) is 0 Å². The van der Waals surface area contributed by atoms with Crippen LogP contribution in [-0.2, 0) is 5.33 Å². The van der Waals surface area contributed by atoms with Gasteiger partial charge in [-0.3, -0.25) is 4.68 Å². The van der Waals surface area contributed by atoms with Crippen molar-refractivity contribution in [3.63, 3.8) is 0 Å². The summed E-state index contributed by atoms with van der Waals surface area (Å²) in [5.74, 6) is -0.230. The van der Waals surface area contributed by atoms with E-state index in [-0.39, 0.29) is 11.9 Å². The van der Waals surface area contributed by atoms with Gasteiger partial charge in [-0.25, -0.2) is 4.39 Å². The Morgan fingerprint density at radius 2 is 1.65 bits per heavy atom. The van der Waals surface area contributed by atoms with Crippen LogP contribution in [-0.4, -0.2) is 9.78 Å². The standard InChI is InChI=1S/C19H18BrFN2/c1-13(2)23-17(12-20)18(14-8-10-16(21)11-9-14)19(22-23)15-6-4-3-5-7-15/h3-11,13H,12H2,1-2H3. The number of nitrogens with zero attached hydrogens (tertiary/aromatic N) is 2. The van der Waals surface area contributed by atoms with Crippen molar-refractivity contribution < 1.29 is 4.39 Å². The molecule has 0 unspecified atom stereocenters. The van der Waals surface area contributed by atoms with E-state index < -0.39 is 0 Å². The molecule has 0 radical (unpaired) electrons. The minimum absolute atomic E-state index is 0.230. The molecular weight excluding hydrogens is 355 g/mol. The molecule has 1 aromatic heterocycles. The Balaban J connectivity index is 2.28. The van der Waals surface area contributed by atoms with Crippen molar-refractivity contribution in [1.29, 1.82) is 0 Å². The van der Waals surface area contributed by atoms with E-state index in [2.05, 4.69) is 41.9 Å². The molecule has 0 saturated carbocycles. The van der Waals surface area contributed by atoms with Gasteiger partial charge in [-0.2, -0.15) is 5.10 Å². The number of rotatable bonds is 4. The van der Waals surface area contributed by atoms with Crippen molar-refractivity contribution in [3.8, 4) is 22.4 Å². The van der Waals surface area contributed by atoms with Crippen molar-refractivity contribution in [2.24, 2.45) is 0 Å². The third kappa shape index (κ3) is 3.08. The Labute approximate surface area is 144 Å². The fourth-order valence-corrected chi connectivity index (χ4v) is 3.28. The normalized spacial score (nSPS) is 11.2. The Hall–Kier alpha value is -1.94. The van der Waals surface area contributed by atoms with Gasteiger partial charge in [0.05, 0.1) is 5.69 Å². The molecular formula is C19H18BrFN2. The summed E-state index contributed by atoms with van der Waals surface area (Å²) in [6.45, 7) is 4.23. The highest BCUT2D eigenvalue weighted by Crippen LogP contribution is 2.36. The van der Waals surface area contributed by atoms with Gasteiger partial charge in [-0.05, 0) is 31.5 Å². The van der Waals surface area contributed by atoms with E-state index in [1.165, 1.54) is 12.1 Å². The molecule has 0 aliphatic rings. The van der Waals surface area contributed by atoms with Gasteiger partial charge < -0.3 is 0 Å². The van der Waals surface area contributed by atoms with Crippen molar-refractivity contribution in [3.05, 3.63) is 66.1 Å². The first-order valence-electron chi connectivity index (χ1n) is 7.60. The number of hydrogen-bond acceptors (Lipinski definition) is 1. The Kier molecular flexibility index (Phi) is 4.62. The zero-order valence-electron chi connectivity index (χ0n) is 13.1. The van der Waals surface area contributed by atoms with Gasteiger partial charge >= 0.3 is 0 Å². The monoisotopic (exact) mass is 372 g/mol. The molecule has 0 bridgehead atoms. The van der Waals surface area contributed by atoms with E-state index in [9.17, 15) is 4.39 Å². The molecule has 0 aliphatic carbocycles. The second kappa shape index (κ2) is 6.67. The molecule has 0 fully saturated rings. The summed E-state index contributed by atoms with van der Waals surface area (Å²) in [7, 11) is 0. The molecule has 0 N–H and O–H groups in total. The molecule has 0 amide bonds. The summed E-state index contributed by atoms with van der Waals surface area (Å²) in [6.07, 6.45) is 0. The fraction of sp³-hybridized carbons (Fsp3) is 0.211. The second-order valence-corrected chi connectivity index (χ2v) is 6.28. The van der Waals surface area contributed by atoms with Gasteiger partial charge in [0, 0.05) is 22.5 Å². The van der Waals surface area contributed by atoms with Crippen molar-refractivity contribution >= 4 is 15.9 Å². The number of hydrogen-bond donors (Lipinski definition) is 0. The molecule has 0 atom stereocenters. The van der Waals surface area contributed by atoms with Crippen LogP contribution in [0, 0.1) is 5.82 Å². The average molecular weight is 373 g/mol. The van der Waals surface area contributed by atoms with Gasteiger partial charge in [0.25, 0.3) is 0 Å². The third-order valence-corrected chi connectivity index (χ3v) is 4.34. The molecule has 4 heteroatoms. The second-order valence-electron chi connectivity index (χ2n) is 5.72. The van der Waals surface area contributed by atoms with Gasteiger partial charge in [0.15, 0.2) is 0 Å². The lowest BCUT2D eigenvalue weighted by Gasteiger charge is -2.10. The van der Waals surface area contributed by atoms with E-state index >= 15 is 0 Å². The highest BCUT2D eigenvalue weighted by Gasteiger charge is 2.21. The molecule has 2 nitrogen and oxygen atoms in total. The Morgan fingerprint density at radius 3 is 2.22 bits per heavy atom. The molecule has 0 spiro atoms. The summed E-state index contributed by atoms with van der Waals surface area (Å²) >= 11 is 3.59. The number of alkyl halides is 1. The number of benzene rings is 2. The first-order chi connectivity index (χ1) is 11.1. The number of halogens is 2. The zero-order chi connectivity index (χ0) is 16.4. The molecule has 2 aromatic carbocycles. The molecule has 118 valence electrons. The van der Waals surface area contributed by atoms with Crippen LogP contribution >= 0.6 is 15.9 Å². The Bertz CT molecular complexity index is 792. The minimum atomic E-state index is -0.230. The summed E-state index contributed by atoms with van der Waals surface area (Å²) in [5, 5.41) is 5.53. The van der Waals surface area contributed by atoms with Crippen LogP contribution in [0.25, 0.3) is 22.4 Å². The zero-order valence-corrected chi connectivity index (χ0v) is 14.7. The first-order valence-corrected chi connectivity index (χ1v) is 8.72. The smallest absolute Gasteiger partial charge is 0.123 e. The van der Waals surface area contributed by atoms with Crippen LogP contribution in [0.1, 0.15) is 25.6 Å². The highest BCUT2D eigenvalue weighted by atomic mass is 79.9. The third-order valence-electron chi connectivity index (χ3n) is 3.81. The van der Waals surface area contributed by atoms with Crippen molar-refractivity contribution in [2.75, 3.05) is 0 Å². The fourth-order valence-electron chi connectivity index (χ4n) is 2.74. The maximum absolute atomic E-state index is 13.3. The summed E-state index contributed by atoms with van der Waals surface area (Å²) < 4.78 is 15.3. The molecule has 3 aromatic rings. The maximum Gasteiger partial charge on any atom is 0.123 e. The Morgan fingerprint density at radius 1 is 1.00 bits per heavy atom. The van der Waals surface area contributed by atoms with Crippen LogP contribution in [0.4, 0.5) is 4.39 Å². The van der Waals surface area contributed by atoms with Crippen molar-refractivity contribution in [2.45, 2.75) is 25.2 Å². The first kappa shape index (κ1) is 15.9. The van der Waals surface area contributed by atoms with E-state index in [0.717, 1.165) is 28.1 Å². The summed E-state index contributed by atoms with van der Waals surface area (Å²) in [6, 6.07) is 17.0. The van der Waals surface area contributed by atoms with Crippen LogP contribution in [0.5, 0.6) is 0 Å². The van der Waals surface area contributed by atoms with E-state index in [4.69, 9.17) is 5.10 Å². The van der Waals surface area contributed by atoms with Crippen LogP contribution < -0.4 is 0 Å². The topological polar surface area (TPSA) is 17.8 Å². The molecule has 1 heterocycles. The average Bonchev–Trinajstić information content (AvgIpc) is 2.96. The summed E-state index contributed by atoms with van der Waals surface area (Å²) in [4.78, 5) is 0. The highest BCUT2D eigenvalue weighted by molar-refractivity contribution is 9.08. The van der Waals surface area contributed by atoms with Gasteiger partial charge in [0.1, 0.15) is 11.5 Å². The van der Waals surface area contributed by atoms with Gasteiger partial charge in [-0.1, -0.05) is 58.4 Å². The minimum Gasteiger partial charge on any atom is -0.265 e. The molecule has 23 heavy (non-hydrogen) atoms. The maximum atomic E-state index is 13.3. The van der Waals surface area contributed by atoms with Gasteiger partial charge in [-0.15, -0.1) is 0 Å². The lowest BCUT2D eigenvalue weighted by atomic mass is 9.99. The van der Waals surface area contributed by atoms with Gasteiger partial charge in [0.2, 0.25) is 0 Å². The van der Waals surface area contributed by atoms with Crippen LogP contribution in [0.15, 0.2) is 54.6 Å². The largest absolute Gasteiger partial charge is 0.265 e. The van der Waals surface area contributed by atoms with E-state index in [1.807, 2.05) is 35.0 Å². The van der Waals surface area contributed by atoms with Crippen molar-refractivity contribution in [1.82, 2.24) is 9.78 Å². The lowest BCUT2D eigenvalue weighted by molar-refractivity contribution is 0.520. The van der Waals surface area contributed by atoms with E-state index in [0.29, 0.717) is 5.33 Å². The predicted octanol–water partition coefficient (Wildman–Crippen LogP) is 5.83. The number of aromatic nitrogens is 2. The van der Waals surface area contributed by atoms with E-state index in [1.54, 1.807) is 0 Å².